The van der Waals surface area contributed by atoms with Crippen LogP contribution in [0.1, 0.15) is 24.1 Å². The van der Waals surface area contributed by atoms with Gasteiger partial charge in [-0.05, 0) is 24.1 Å². The van der Waals surface area contributed by atoms with Gasteiger partial charge in [-0.25, -0.2) is 0 Å². The summed E-state index contributed by atoms with van der Waals surface area (Å²) in [5, 5.41) is 6.79. The molecule has 25 heavy (non-hydrogen) atoms. The van der Waals surface area contributed by atoms with Gasteiger partial charge in [-0.3, -0.25) is 4.79 Å². The van der Waals surface area contributed by atoms with Crippen LogP contribution in [0.2, 0.25) is 0 Å². The number of benzene rings is 1. The number of amides is 1. The van der Waals surface area contributed by atoms with E-state index in [1.807, 2.05) is 18.2 Å². The van der Waals surface area contributed by atoms with Gasteiger partial charge in [0.1, 0.15) is 5.76 Å². The van der Waals surface area contributed by atoms with Crippen molar-refractivity contribution in [3.63, 3.8) is 0 Å². The molecular formula is C18H19N3O3S. The number of nitrogens with one attached hydrogen (secondary N) is 1. The van der Waals surface area contributed by atoms with Gasteiger partial charge in [0.2, 0.25) is 17.6 Å². The third-order valence-electron chi connectivity index (χ3n) is 3.59. The highest BCUT2D eigenvalue weighted by Gasteiger charge is 2.10. The number of thioether (sulfide) groups is 1. The molecule has 0 aliphatic rings. The van der Waals surface area contributed by atoms with E-state index in [9.17, 15) is 4.79 Å². The number of hydrogen-bond acceptors (Lipinski definition) is 6. The van der Waals surface area contributed by atoms with E-state index in [1.54, 1.807) is 12.3 Å². The Morgan fingerprint density at radius 2 is 2.08 bits per heavy atom. The zero-order valence-corrected chi connectivity index (χ0v) is 14.7. The molecule has 0 bridgehead atoms. The molecule has 0 saturated carbocycles. The summed E-state index contributed by atoms with van der Waals surface area (Å²) in [5.74, 6) is 2.57. The van der Waals surface area contributed by atoms with Crippen molar-refractivity contribution in [2.75, 3.05) is 5.75 Å². The third-order valence-corrected chi connectivity index (χ3v) is 4.50. The van der Waals surface area contributed by atoms with E-state index in [4.69, 9.17) is 8.94 Å². The molecule has 0 atom stereocenters. The van der Waals surface area contributed by atoms with Crippen LogP contribution in [0.15, 0.2) is 51.6 Å². The first-order valence-electron chi connectivity index (χ1n) is 8.03. The van der Waals surface area contributed by atoms with Crippen molar-refractivity contribution in [2.45, 2.75) is 25.6 Å². The smallest absolute Gasteiger partial charge is 0.236 e. The number of carbonyl (C=O) groups is 1. The van der Waals surface area contributed by atoms with Gasteiger partial charge in [-0.1, -0.05) is 36.3 Å². The minimum Gasteiger partial charge on any atom is -0.467 e. The average Bonchev–Trinajstić information content (AvgIpc) is 3.32. The Morgan fingerprint density at radius 3 is 2.80 bits per heavy atom. The van der Waals surface area contributed by atoms with Gasteiger partial charge >= 0.3 is 0 Å². The normalized spacial score (nSPS) is 10.8. The molecule has 1 N–H and O–H groups in total. The molecule has 0 aliphatic heterocycles. The summed E-state index contributed by atoms with van der Waals surface area (Å²) >= 11 is 1.43. The number of furan rings is 1. The first kappa shape index (κ1) is 17.3. The van der Waals surface area contributed by atoms with Gasteiger partial charge in [0.25, 0.3) is 0 Å². The van der Waals surface area contributed by atoms with Crippen LogP contribution < -0.4 is 5.32 Å². The van der Waals surface area contributed by atoms with Crippen molar-refractivity contribution in [1.29, 1.82) is 0 Å². The number of hydrogen-bond donors (Lipinski definition) is 1. The van der Waals surface area contributed by atoms with Gasteiger partial charge < -0.3 is 14.3 Å². The number of aromatic nitrogens is 2. The Bertz CT molecular complexity index is 797. The van der Waals surface area contributed by atoms with Crippen molar-refractivity contribution in [2.24, 2.45) is 0 Å². The van der Waals surface area contributed by atoms with E-state index in [0.29, 0.717) is 29.8 Å². The van der Waals surface area contributed by atoms with E-state index >= 15 is 0 Å². The topological polar surface area (TPSA) is 81.2 Å². The highest BCUT2D eigenvalue weighted by atomic mass is 32.2. The largest absolute Gasteiger partial charge is 0.467 e. The van der Waals surface area contributed by atoms with E-state index in [1.165, 1.54) is 17.3 Å². The molecule has 2 aromatic heterocycles. The average molecular weight is 357 g/mol. The zero-order chi connectivity index (χ0) is 17.5. The van der Waals surface area contributed by atoms with Crippen molar-refractivity contribution in [3.8, 4) is 11.4 Å². The van der Waals surface area contributed by atoms with Crippen molar-refractivity contribution in [3.05, 3.63) is 59.9 Å². The lowest BCUT2D eigenvalue weighted by Crippen LogP contribution is -2.24. The second-order valence-electron chi connectivity index (χ2n) is 5.41. The molecule has 3 rings (SSSR count). The Morgan fingerprint density at radius 1 is 1.24 bits per heavy atom. The molecule has 3 aromatic rings. The fourth-order valence-electron chi connectivity index (χ4n) is 2.20. The Hall–Kier alpha value is -2.54. The van der Waals surface area contributed by atoms with Gasteiger partial charge in [-0.2, -0.15) is 4.98 Å². The quantitative estimate of drug-likeness (QED) is 0.665. The van der Waals surface area contributed by atoms with Crippen LogP contribution in [-0.4, -0.2) is 21.8 Å². The summed E-state index contributed by atoms with van der Waals surface area (Å²) in [5.41, 5.74) is 2.19. The van der Waals surface area contributed by atoms with Crippen molar-refractivity contribution in [1.82, 2.24) is 15.5 Å². The molecule has 2 heterocycles. The van der Waals surface area contributed by atoms with Crippen LogP contribution in [0.3, 0.4) is 0 Å². The van der Waals surface area contributed by atoms with Crippen molar-refractivity contribution >= 4 is 17.7 Å². The Balaban J connectivity index is 1.44. The maximum absolute atomic E-state index is 11.8. The number of carbonyl (C=O) groups excluding carboxylic acids is 1. The highest BCUT2D eigenvalue weighted by Crippen LogP contribution is 2.19. The minimum atomic E-state index is -0.0590. The van der Waals surface area contributed by atoms with E-state index < -0.39 is 0 Å². The van der Waals surface area contributed by atoms with E-state index in [0.717, 1.165) is 17.7 Å². The summed E-state index contributed by atoms with van der Waals surface area (Å²) in [6.45, 7) is 2.51. The van der Waals surface area contributed by atoms with Crippen molar-refractivity contribution < 1.29 is 13.7 Å². The molecule has 1 amide bonds. The number of rotatable bonds is 8. The van der Waals surface area contributed by atoms with Crippen LogP contribution in [-0.2, 0) is 23.5 Å². The summed E-state index contributed by atoms with van der Waals surface area (Å²) in [7, 11) is 0. The molecule has 0 saturated heterocycles. The summed E-state index contributed by atoms with van der Waals surface area (Å²) in [6.07, 6.45) is 2.58. The van der Waals surface area contributed by atoms with Crippen LogP contribution in [0.5, 0.6) is 0 Å². The van der Waals surface area contributed by atoms with E-state index in [-0.39, 0.29) is 5.91 Å². The maximum Gasteiger partial charge on any atom is 0.236 e. The number of nitrogens with zero attached hydrogens (tertiary/aromatic N) is 2. The molecule has 130 valence electrons. The molecule has 7 heteroatoms. The third kappa shape index (κ3) is 4.96. The second kappa shape index (κ2) is 8.53. The molecule has 1 aromatic carbocycles. The standard InChI is InChI=1S/C18H19N3O3S/c1-2-13-5-7-14(8-6-13)18-20-17(24-21-18)12-25-11-16(22)19-10-15-4-3-9-23-15/h3-9H,2,10-12H2,1H3,(H,19,22). The van der Waals surface area contributed by atoms with Gasteiger partial charge in [-0.15, -0.1) is 11.8 Å². The van der Waals surface area contributed by atoms with Crippen LogP contribution in [0, 0.1) is 0 Å². The van der Waals surface area contributed by atoms with E-state index in [2.05, 4.69) is 34.5 Å². The molecule has 0 unspecified atom stereocenters. The zero-order valence-electron chi connectivity index (χ0n) is 13.9. The highest BCUT2D eigenvalue weighted by molar-refractivity contribution is 7.99. The molecule has 6 nitrogen and oxygen atoms in total. The predicted molar refractivity (Wildman–Crippen MR) is 95.8 cm³/mol. The first-order valence-corrected chi connectivity index (χ1v) is 9.19. The van der Waals surface area contributed by atoms with Gasteiger partial charge in [0, 0.05) is 5.56 Å². The summed E-state index contributed by atoms with van der Waals surface area (Å²) in [6, 6.07) is 11.7. The molecule has 0 fully saturated rings. The predicted octanol–water partition coefficient (Wildman–Crippen LogP) is 3.44. The summed E-state index contributed by atoms with van der Waals surface area (Å²) < 4.78 is 10.4. The second-order valence-corrected chi connectivity index (χ2v) is 6.40. The lowest BCUT2D eigenvalue weighted by molar-refractivity contribution is -0.118. The summed E-state index contributed by atoms with van der Waals surface area (Å²) in [4.78, 5) is 16.1. The molecule has 0 radical (unpaired) electrons. The molecule has 0 aliphatic carbocycles. The fraction of sp³-hybridized carbons (Fsp3) is 0.278. The van der Waals surface area contributed by atoms with Crippen LogP contribution in [0.25, 0.3) is 11.4 Å². The molecular weight excluding hydrogens is 338 g/mol. The maximum atomic E-state index is 11.8. The lowest BCUT2D eigenvalue weighted by Gasteiger charge is -2.01. The first-order chi connectivity index (χ1) is 12.2. The fourth-order valence-corrected chi connectivity index (χ4v) is 2.88. The Kier molecular flexibility index (Phi) is 5.90. The van der Waals surface area contributed by atoms with Gasteiger partial charge in [0.15, 0.2) is 0 Å². The SMILES string of the molecule is CCc1ccc(-c2noc(CSCC(=O)NCc3ccco3)n2)cc1. The lowest BCUT2D eigenvalue weighted by atomic mass is 10.1. The molecule has 0 spiro atoms. The van der Waals surface area contributed by atoms with Crippen LogP contribution >= 0.6 is 11.8 Å². The van der Waals surface area contributed by atoms with Gasteiger partial charge in [0.05, 0.1) is 24.3 Å². The Labute approximate surface area is 150 Å². The number of aryl methyl sites for hydroxylation is 1. The monoisotopic (exact) mass is 357 g/mol. The van der Waals surface area contributed by atoms with Crippen LogP contribution in [0.4, 0.5) is 0 Å². The minimum absolute atomic E-state index is 0.0590.